The second-order valence-corrected chi connectivity index (χ2v) is 2.87. The fourth-order valence-corrected chi connectivity index (χ4v) is 1.39. The monoisotopic (exact) mass is 185 g/mol. The Labute approximate surface area is 80.2 Å². The number of pyridine rings is 1. The van der Waals surface area contributed by atoms with Crippen molar-refractivity contribution in [3.05, 3.63) is 30.0 Å². The molecule has 0 unspecified atom stereocenters. The number of benzene rings is 1. The molecule has 4 nitrogen and oxygen atoms in total. The average molecular weight is 185 g/mol. The number of hydrogen-bond donors (Lipinski definition) is 2. The maximum absolute atomic E-state index is 9.57. The number of phenols is 1. The summed E-state index contributed by atoms with van der Waals surface area (Å²) >= 11 is 0. The van der Waals surface area contributed by atoms with Crippen molar-refractivity contribution in [3.8, 4) is 11.8 Å². The molecular weight excluding hydrogens is 178 g/mol. The smallest absolute Gasteiger partial charge is 0.131 e. The Morgan fingerprint density at radius 3 is 2.93 bits per heavy atom. The number of nitrogen functional groups attached to an aromatic ring is 1. The summed E-state index contributed by atoms with van der Waals surface area (Å²) in [5.74, 6) is 0.364. The molecule has 0 aliphatic carbocycles. The Balaban J connectivity index is 3.01. The number of phenolic OH excluding ortho intramolecular Hbond substituents is 1. The summed E-state index contributed by atoms with van der Waals surface area (Å²) in [5.41, 5.74) is 5.94. The SMILES string of the molecule is N#Cc1cnc(N)c2cccc(O)c12. The second kappa shape index (κ2) is 2.89. The minimum atomic E-state index is 0.0492. The van der Waals surface area contributed by atoms with Gasteiger partial charge < -0.3 is 10.8 Å². The molecule has 14 heavy (non-hydrogen) atoms. The van der Waals surface area contributed by atoms with Crippen molar-refractivity contribution < 1.29 is 5.11 Å². The van der Waals surface area contributed by atoms with E-state index in [4.69, 9.17) is 11.0 Å². The Kier molecular flexibility index (Phi) is 1.72. The van der Waals surface area contributed by atoms with E-state index in [0.717, 1.165) is 0 Å². The van der Waals surface area contributed by atoms with Gasteiger partial charge in [0.1, 0.15) is 17.6 Å². The summed E-state index contributed by atoms with van der Waals surface area (Å²) < 4.78 is 0. The zero-order chi connectivity index (χ0) is 10.1. The van der Waals surface area contributed by atoms with Gasteiger partial charge in [-0.1, -0.05) is 12.1 Å². The molecule has 68 valence electrons. The first-order valence-electron chi connectivity index (χ1n) is 4.00. The van der Waals surface area contributed by atoms with Crippen LogP contribution in [0.25, 0.3) is 10.8 Å². The molecular formula is C10H7N3O. The third-order valence-corrected chi connectivity index (χ3v) is 2.04. The van der Waals surface area contributed by atoms with Gasteiger partial charge in [-0.05, 0) is 6.07 Å². The molecule has 0 saturated carbocycles. The second-order valence-electron chi connectivity index (χ2n) is 2.87. The van der Waals surface area contributed by atoms with Crippen LogP contribution in [0, 0.1) is 11.3 Å². The first-order chi connectivity index (χ1) is 6.74. The number of nitrogens with two attached hydrogens (primary N) is 1. The number of aromatic hydroxyl groups is 1. The van der Waals surface area contributed by atoms with E-state index in [9.17, 15) is 5.11 Å². The maximum atomic E-state index is 9.57. The zero-order valence-corrected chi connectivity index (χ0v) is 7.23. The van der Waals surface area contributed by atoms with Crippen LogP contribution in [0.5, 0.6) is 5.75 Å². The standard InChI is InChI=1S/C10H7N3O/c11-4-6-5-13-10(12)7-2-1-3-8(14)9(6)7/h1-3,5,14H,(H2,12,13). The molecule has 0 aliphatic heterocycles. The van der Waals surface area contributed by atoms with E-state index in [0.29, 0.717) is 22.2 Å². The predicted octanol–water partition coefficient (Wildman–Crippen LogP) is 1.39. The highest BCUT2D eigenvalue weighted by Gasteiger charge is 2.08. The van der Waals surface area contributed by atoms with Gasteiger partial charge in [-0.25, -0.2) is 4.98 Å². The van der Waals surface area contributed by atoms with Gasteiger partial charge in [0.15, 0.2) is 0 Å². The van der Waals surface area contributed by atoms with E-state index in [1.807, 2.05) is 6.07 Å². The summed E-state index contributed by atoms with van der Waals surface area (Å²) in [7, 11) is 0. The van der Waals surface area contributed by atoms with Gasteiger partial charge in [0.25, 0.3) is 0 Å². The van der Waals surface area contributed by atoms with Crippen molar-refractivity contribution in [1.29, 1.82) is 5.26 Å². The van der Waals surface area contributed by atoms with Crippen LogP contribution >= 0.6 is 0 Å². The molecule has 0 saturated heterocycles. The van der Waals surface area contributed by atoms with Crippen molar-refractivity contribution in [2.24, 2.45) is 0 Å². The van der Waals surface area contributed by atoms with Crippen LogP contribution in [-0.2, 0) is 0 Å². The van der Waals surface area contributed by atoms with E-state index in [-0.39, 0.29) is 5.75 Å². The molecule has 0 radical (unpaired) electrons. The molecule has 0 aliphatic rings. The lowest BCUT2D eigenvalue weighted by Gasteiger charge is -2.04. The van der Waals surface area contributed by atoms with Crippen molar-refractivity contribution in [1.82, 2.24) is 4.98 Å². The minimum Gasteiger partial charge on any atom is -0.507 e. The highest BCUT2D eigenvalue weighted by molar-refractivity contribution is 5.98. The van der Waals surface area contributed by atoms with Crippen LogP contribution in [0.15, 0.2) is 24.4 Å². The maximum Gasteiger partial charge on any atom is 0.131 e. The molecule has 0 spiro atoms. The molecule has 0 amide bonds. The predicted molar refractivity (Wildman–Crippen MR) is 52.5 cm³/mol. The molecule has 1 aromatic carbocycles. The largest absolute Gasteiger partial charge is 0.507 e. The van der Waals surface area contributed by atoms with Crippen LogP contribution in [-0.4, -0.2) is 10.1 Å². The van der Waals surface area contributed by atoms with Gasteiger partial charge in [-0.15, -0.1) is 0 Å². The highest BCUT2D eigenvalue weighted by Crippen LogP contribution is 2.29. The van der Waals surface area contributed by atoms with Crippen molar-refractivity contribution in [2.75, 3.05) is 5.73 Å². The number of nitriles is 1. The third kappa shape index (κ3) is 1.04. The van der Waals surface area contributed by atoms with E-state index < -0.39 is 0 Å². The molecule has 1 aromatic heterocycles. The summed E-state index contributed by atoms with van der Waals surface area (Å²) in [4.78, 5) is 3.86. The topological polar surface area (TPSA) is 82.9 Å². The van der Waals surface area contributed by atoms with E-state index in [1.165, 1.54) is 12.3 Å². The van der Waals surface area contributed by atoms with Crippen molar-refractivity contribution >= 4 is 16.6 Å². The average Bonchev–Trinajstić information content (AvgIpc) is 2.20. The fraction of sp³-hybridized carbons (Fsp3) is 0. The first-order valence-corrected chi connectivity index (χ1v) is 4.00. The van der Waals surface area contributed by atoms with Gasteiger partial charge in [0.2, 0.25) is 0 Å². The van der Waals surface area contributed by atoms with Gasteiger partial charge >= 0.3 is 0 Å². The van der Waals surface area contributed by atoms with Crippen molar-refractivity contribution in [2.45, 2.75) is 0 Å². The fourth-order valence-electron chi connectivity index (χ4n) is 1.39. The lowest BCUT2D eigenvalue weighted by atomic mass is 10.1. The third-order valence-electron chi connectivity index (χ3n) is 2.04. The number of fused-ring (bicyclic) bond motifs is 1. The van der Waals surface area contributed by atoms with Crippen LogP contribution in [0.4, 0.5) is 5.82 Å². The molecule has 2 rings (SSSR count). The lowest BCUT2D eigenvalue weighted by Crippen LogP contribution is -1.93. The van der Waals surface area contributed by atoms with E-state index >= 15 is 0 Å². The normalized spacial score (nSPS) is 9.93. The zero-order valence-electron chi connectivity index (χ0n) is 7.23. The van der Waals surface area contributed by atoms with Crippen molar-refractivity contribution in [3.63, 3.8) is 0 Å². The number of hydrogen-bond acceptors (Lipinski definition) is 4. The van der Waals surface area contributed by atoms with Crippen LogP contribution in [0.3, 0.4) is 0 Å². The van der Waals surface area contributed by atoms with Crippen LogP contribution < -0.4 is 5.73 Å². The Morgan fingerprint density at radius 1 is 1.43 bits per heavy atom. The molecule has 4 heteroatoms. The molecule has 2 aromatic rings. The first kappa shape index (κ1) is 8.32. The summed E-state index contributed by atoms with van der Waals surface area (Å²) in [6, 6.07) is 6.86. The van der Waals surface area contributed by atoms with Gasteiger partial charge in [0.05, 0.1) is 5.56 Å². The Morgan fingerprint density at radius 2 is 2.21 bits per heavy atom. The van der Waals surface area contributed by atoms with Crippen LogP contribution in [0.1, 0.15) is 5.56 Å². The number of anilines is 1. The minimum absolute atomic E-state index is 0.0492. The quantitative estimate of drug-likeness (QED) is 0.649. The number of nitrogens with zero attached hydrogens (tertiary/aromatic N) is 2. The Bertz CT molecular complexity index is 543. The molecule has 0 atom stereocenters. The van der Waals surface area contributed by atoms with E-state index in [2.05, 4.69) is 4.98 Å². The Hall–Kier alpha value is -2.28. The highest BCUT2D eigenvalue weighted by atomic mass is 16.3. The molecule has 1 heterocycles. The summed E-state index contributed by atoms with van der Waals surface area (Å²) in [6.07, 6.45) is 1.36. The number of rotatable bonds is 0. The van der Waals surface area contributed by atoms with Gasteiger partial charge in [-0.3, -0.25) is 0 Å². The molecule has 0 bridgehead atoms. The summed E-state index contributed by atoms with van der Waals surface area (Å²) in [5, 5.41) is 19.4. The molecule has 0 fully saturated rings. The molecule has 3 N–H and O–H groups in total. The number of aromatic nitrogens is 1. The summed E-state index contributed by atoms with van der Waals surface area (Å²) in [6.45, 7) is 0. The van der Waals surface area contributed by atoms with Gasteiger partial charge in [-0.2, -0.15) is 5.26 Å². The lowest BCUT2D eigenvalue weighted by molar-refractivity contribution is 0.481. The van der Waals surface area contributed by atoms with E-state index in [1.54, 1.807) is 12.1 Å². The van der Waals surface area contributed by atoms with Crippen LogP contribution in [0.2, 0.25) is 0 Å². The van der Waals surface area contributed by atoms with Gasteiger partial charge in [0, 0.05) is 17.0 Å².